The molecule has 2 N–H and O–H groups in total. The first-order valence-corrected chi connectivity index (χ1v) is 8.89. The van der Waals surface area contributed by atoms with Gasteiger partial charge < -0.3 is 10.2 Å². The van der Waals surface area contributed by atoms with Crippen molar-refractivity contribution in [3.63, 3.8) is 0 Å². The van der Waals surface area contributed by atoms with Gasteiger partial charge in [0.05, 0.1) is 17.8 Å². The van der Waals surface area contributed by atoms with Gasteiger partial charge in [-0.1, -0.05) is 13.8 Å². The van der Waals surface area contributed by atoms with Crippen molar-refractivity contribution in [1.82, 2.24) is 0 Å². The normalized spacial score (nSPS) is 54.8. The predicted molar refractivity (Wildman–Crippen MR) is 78.3 cm³/mol. The minimum Gasteiger partial charge on any atom is -0.396 e. The summed E-state index contributed by atoms with van der Waals surface area (Å²) in [5.41, 5.74) is -0.788. The Labute approximate surface area is 128 Å². The van der Waals surface area contributed by atoms with Crippen molar-refractivity contribution >= 4 is 11.4 Å². The van der Waals surface area contributed by atoms with E-state index in [9.17, 15) is 14.4 Å². The Morgan fingerprint density at radius 2 is 2.05 bits per heavy atom. The van der Waals surface area contributed by atoms with Crippen LogP contribution in [0.3, 0.4) is 0 Å². The first-order valence-electron chi connectivity index (χ1n) is 7.89. The van der Waals surface area contributed by atoms with E-state index in [0.717, 1.165) is 12.8 Å². The van der Waals surface area contributed by atoms with E-state index >= 15 is 0 Å². The Morgan fingerprint density at radius 3 is 2.71 bits per heavy atom. The van der Waals surface area contributed by atoms with Gasteiger partial charge >= 0.3 is 11.4 Å². The molecule has 3 rings (SSSR count). The van der Waals surface area contributed by atoms with Gasteiger partial charge in [-0.3, -0.25) is 8.37 Å². The highest BCUT2D eigenvalue weighted by atomic mass is 32.2. The molecule has 0 radical (unpaired) electrons. The van der Waals surface area contributed by atoms with Crippen LogP contribution >= 0.6 is 0 Å². The molecule has 3 aliphatic rings. The van der Waals surface area contributed by atoms with Crippen LogP contribution in [0.15, 0.2) is 0 Å². The van der Waals surface area contributed by atoms with E-state index in [1.165, 1.54) is 0 Å². The molecule has 0 spiro atoms. The zero-order valence-corrected chi connectivity index (χ0v) is 13.8. The average molecular weight is 318 g/mol. The Morgan fingerprint density at radius 1 is 1.33 bits per heavy atom. The van der Waals surface area contributed by atoms with Crippen LogP contribution in [-0.2, 0) is 19.7 Å². The Hall–Kier alpha value is -0.0100. The minimum atomic E-state index is -1.74. The molecule has 0 bridgehead atoms. The first-order chi connectivity index (χ1) is 9.82. The molecular weight excluding hydrogens is 292 g/mol. The van der Waals surface area contributed by atoms with E-state index in [1.807, 2.05) is 13.8 Å². The fourth-order valence-corrected chi connectivity index (χ4v) is 5.95. The monoisotopic (exact) mass is 318 g/mol. The summed E-state index contributed by atoms with van der Waals surface area (Å²) in [7, 11) is 0. The van der Waals surface area contributed by atoms with E-state index < -0.39 is 17.0 Å². The molecule has 2 unspecified atom stereocenters. The largest absolute Gasteiger partial charge is 0.396 e. The molecule has 2 saturated carbocycles. The van der Waals surface area contributed by atoms with Gasteiger partial charge in [0, 0.05) is 17.9 Å². The standard InChI is InChI=1S/C15H26O5S/c1-9(8-16)10-4-6-14(2)11(17)5-7-15(3)13(14)12(10)19-21(18)20-15/h9-13,16-17H,4-8H2,1-3H3/t9-,10+,11-,12?,13?,14+,15-,21+/m1/s1. The molecule has 1 aliphatic heterocycles. The molecule has 0 amide bonds. The third-order valence-corrected chi connectivity index (χ3v) is 7.17. The summed E-state index contributed by atoms with van der Waals surface area (Å²) in [4.78, 5) is 0. The van der Waals surface area contributed by atoms with Gasteiger partial charge in [-0.15, -0.1) is 0 Å². The quantitative estimate of drug-likeness (QED) is 0.808. The lowest BCUT2D eigenvalue weighted by Crippen LogP contribution is -2.67. The molecule has 1 heterocycles. The molecule has 0 aromatic rings. The van der Waals surface area contributed by atoms with E-state index in [-0.39, 0.29) is 42.0 Å². The predicted octanol–water partition coefficient (Wildman–Crippen LogP) is 1.55. The number of hydrogen-bond donors (Lipinski definition) is 2. The average Bonchev–Trinajstić information content (AvgIpc) is 2.42. The van der Waals surface area contributed by atoms with Gasteiger partial charge in [0.25, 0.3) is 0 Å². The van der Waals surface area contributed by atoms with Crippen molar-refractivity contribution in [3.05, 3.63) is 0 Å². The molecule has 1 saturated heterocycles. The first kappa shape index (κ1) is 15.9. The summed E-state index contributed by atoms with van der Waals surface area (Å²) < 4.78 is 23.3. The second-order valence-corrected chi connectivity index (χ2v) is 8.33. The van der Waals surface area contributed by atoms with Crippen LogP contribution in [0.4, 0.5) is 0 Å². The van der Waals surface area contributed by atoms with Gasteiger partial charge in [-0.05, 0) is 44.4 Å². The topological polar surface area (TPSA) is 76.0 Å². The second-order valence-electron chi connectivity index (χ2n) is 7.56. The van der Waals surface area contributed by atoms with Crippen LogP contribution < -0.4 is 0 Å². The smallest absolute Gasteiger partial charge is 0.305 e. The molecule has 0 aromatic carbocycles. The van der Waals surface area contributed by atoms with Crippen molar-refractivity contribution in [2.45, 2.75) is 64.3 Å². The summed E-state index contributed by atoms with van der Waals surface area (Å²) in [6.07, 6.45) is 2.54. The van der Waals surface area contributed by atoms with Crippen LogP contribution in [0, 0.1) is 23.2 Å². The van der Waals surface area contributed by atoms with E-state index in [2.05, 4.69) is 6.92 Å². The lowest BCUT2D eigenvalue weighted by atomic mass is 9.50. The summed E-state index contributed by atoms with van der Waals surface area (Å²) in [5, 5.41) is 20.1. The highest BCUT2D eigenvalue weighted by molar-refractivity contribution is 7.75. The third-order valence-electron chi connectivity index (χ3n) is 6.28. The Balaban J connectivity index is 2.01. The highest BCUT2D eigenvalue weighted by Crippen LogP contribution is 2.60. The molecule has 5 nitrogen and oxygen atoms in total. The SMILES string of the molecule is C[C@H](CO)[C@@H]1CC[C@]2(C)C3C1O[S@](=O)O[C@]3(C)CC[C@H]2O. The highest BCUT2D eigenvalue weighted by Gasteiger charge is 2.64. The molecule has 6 heteroatoms. The van der Waals surface area contributed by atoms with Crippen molar-refractivity contribution in [3.8, 4) is 0 Å². The Bertz CT molecular complexity index is 444. The van der Waals surface area contributed by atoms with Crippen molar-refractivity contribution in [2.75, 3.05) is 6.61 Å². The maximum Gasteiger partial charge on any atom is 0.305 e. The van der Waals surface area contributed by atoms with Crippen LogP contribution in [0.25, 0.3) is 0 Å². The van der Waals surface area contributed by atoms with E-state index in [1.54, 1.807) is 0 Å². The number of aliphatic hydroxyl groups is 2. The van der Waals surface area contributed by atoms with Gasteiger partial charge in [0.2, 0.25) is 0 Å². The lowest BCUT2D eigenvalue weighted by Gasteiger charge is -2.62. The summed E-state index contributed by atoms with van der Waals surface area (Å²) in [6, 6.07) is 0. The lowest BCUT2D eigenvalue weighted by molar-refractivity contribution is -0.224. The van der Waals surface area contributed by atoms with Crippen LogP contribution in [0.1, 0.15) is 46.5 Å². The summed E-state index contributed by atoms with van der Waals surface area (Å²) in [5.74, 6) is 0.266. The summed E-state index contributed by atoms with van der Waals surface area (Å²) >= 11 is -1.74. The molecular formula is C15H26O5S. The van der Waals surface area contributed by atoms with Crippen LogP contribution in [0.2, 0.25) is 0 Å². The van der Waals surface area contributed by atoms with Gasteiger partial charge in [-0.2, -0.15) is 4.21 Å². The molecule has 21 heavy (non-hydrogen) atoms. The fraction of sp³-hybridized carbons (Fsp3) is 1.00. The van der Waals surface area contributed by atoms with Crippen molar-refractivity contribution in [2.24, 2.45) is 23.2 Å². The second kappa shape index (κ2) is 5.27. The maximum absolute atomic E-state index is 12.0. The van der Waals surface area contributed by atoms with Crippen molar-refractivity contribution in [1.29, 1.82) is 0 Å². The number of rotatable bonds is 2. The van der Waals surface area contributed by atoms with E-state index in [0.29, 0.717) is 12.8 Å². The fourth-order valence-electron chi connectivity index (χ4n) is 4.98. The zero-order chi connectivity index (χ0) is 15.4. The van der Waals surface area contributed by atoms with Crippen molar-refractivity contribution < 1.29 is 22.8 Å². The molecule has 0 aromatic heterocycles. The minimum absolute atomic E-state index is 0.0131. The third kappa shape index (κ3) is 2.30. The zero-order valence-electron chi connectivity index (χ0n) is 12.9. The van der Waals surface area contributed by atoms with Crippen LogP contribution in [-0.4, -0.2) is 38.8 Å². The van der Waals surface area contributed by atoms with Crippen LogP contribution in [0.5, 0.6) is 0 Å². The Kier molecular flexibility index (Phi) is 3.98. The van der Waals surface area contributed by atoms with E-state index in [4.69, 9.17) is 8.37 Å². The molecule has 122 valence electrons. The maximum atomic E-state index is 12.0. The number of aliphatic hydroxyl groups excluding tert-OH is 2. The van der Waals surface area contributed by atoms with Gasteiger partial charge in [0.15, 0.2) is 0 Å². The number of hydrogen-bond acceptors (Lipinski definition) is 5. The van der Waals surface area contributed by atoms with Gasteiger partial charge in [0.1, 0.15) is 0 Å². The molecule has 3 fully saturated rings. The molecule has 8 atom stereocenters. The van der Waals surface area contributed by atoms with Gasteiger partial charge in [-0.25, -0.2) is 0 Å². The summed E-state index contributed by atoms with van der Waals surface area (Å²) in [6.45, 7) is 6.21. The molecule has 2 aliphatic carbocycles.